The molecule has 1 N–H and O–H groups in total. The monoisotopic (exact) mass is 346 g/mol. The van der Waals surface area contributed by atoms with E-state index in [1.54, 1.807) is 0 Å². The van der Waals surface area contributed by atoms with Crippen LogP contribution in [0.5, 0.6) is 0 Å². The van der Waals surface area contributed by atoms with Crippen LogP contribution < -0.4 is 5.43 Å². The van der Waals surface area contributed by atoms with Crippen molar-refractivity contribution < 1.29 is 13.6 Å². The summed E-state index contributed by atoms with van der Waals surface area (Å²) in [7, 11) is 0. The van der Waals surface area contributed by atoms with Gasteiger partial charge in [-0.1, -0.05) is 36.5 Å². The number of fused-ring (bicyclic) bond motifs is 1. The maximum Gasteiger partial charge on any atom is 0.238 e. The van der Waals surface area contributed by atoms with Gasteiger partial charge in [0.05, 0.1) is 6.04 Å². The number of nitrogens with zero attached hydrogens (tertiary/aromatic N) is 1. The summed E-state index contributed by atoms with van der Waals surface area (Å²) in [4.78, 5) is 12.1. The van der Waals surface area contributed by atoms with Crippen molar-refractivity contribution in [3.63, 3.8) is 0 Å². The zero-order valence-corrected chi connectivity index (χ0v) is 13.9. The SMILES string of the molecule is CC(=O)N(NC(=S)c1cc(F)ccc1F)[C@H]1CCc2ccccc21. The van der Waals surface area contributed by atoms with Crippen molar-refractivity contribution in [1.82, 2.24) is 10.4 Å². The summed E-state index contributed by atoms with van der Waals surface area (Å²) < 4.78 is 27.3. The van der Waals surface area contributed by atoms with Crippen molar-refractivity contribution >= 4 is 23.1 Å². The number of hydrogen-bond donors (Lipinski definition) is 1. The van der Waals surface area contributed by atoms with E-state index in [-0.39, 0.29) is 22.5 Å². The smallest absolute Gasteiger partial charge is 0.238 e. The van der Waals surface area contributed by atoms with Crippen LogP contribution in [0.15, 0.2) is 42.5 Å². The van der Waals surface area contributed by atoms with Gasteiger partial charge >= 0.3 is 0 Å². The average Bonchev–Trinajstić information content (AvgIpc) is 2.98. The third kappa shape index (κ3) is 3.14. The van der Waals surface area contributed by atoms with Crippen molar-refractivity contribution in [3.8, 4) is 0 Å². The van der Waals surface area contributed by atoms with Crippen LogP contribution in [0.4, 0.5) is 8.78 Å². The molecule has 0 saturated heterocycles. The minimum absolute atomic E-state index is 0.0217. The molecule has 0 spiro atoms. The van der Waals surface area contributed by atoms with Crippen molar-refractivity contribution in [2.75, 3.05) is 0 Å². The van der Waals surface area contributed by atoms with Crippen molar-refractivity contribution in [2.24, 2.45) is 0 Å². The number of halogens is 2. The van der Waals surface area contributed by atoms with Crippen molar-refractivity contribution in [3.05, 3.63) is 70.8 Å². The molecule has 1 atom stereocenters. The lowest BCUT2D eigenvalue weighted by molar-refractivity contribution is -0.133. The van der Waals surface area contributed by atoms with Gasteiger partial charge in [-0.05, 0) is 42.2 Å². The predicted octanol–water partition coefficient (Wildman–Crippen LogP) is 3.68. The number of amides is 1. The lowest BCUT2D eigenvalue weighted by atomic mass is 10.1. The molecule has 2 aromatic carbocycles. The highest BCUT2D eigenvalue weighted by molar-refractivity contribution is 7.80. The summed E-state index contributed by atoms with van der Waals surface area (Å²) in [5.74, 6) is -1.46. The van der Waals surface area contributed by atoms with Gasteiger partial charge in [0.2, 0.25) is 5.91 Å². The molecule has 1 aliphatic rings. The summed E-state index contributed by atoms with van der Waals surface area (Å²) >= 11 is 5.19. The predicted molar refractivity (Wildman–Crippen MR) is 91.2 cm³/mol. The maximum atomic E-state index is 13.9. The Morgan fingerprint density at radius 2 is 2.00 bits per heavy atom. The highest BCUT2D eigenvalue weighted by Gasteiger charge is 2.30. The summed E-state index contributed by atoms with van der Waals surface area (Å²) in [5.41, 5.74) is 4.95. The van der Waals surface area contributed by atoms with Crippen LogP contribution in [0.25, 0.3) is 0 Å². The maximum absolute atomic E-state index is 13.9. The molecule has 0 saturated carbocycles. The molecule has 0 fully saturated rings. The average molecular weight is 346 g/mol. The molecule has 24 heavy (non-hydrogen) atoms. The van der Waals surface area contributed by atoms with Gasteiger partial charge in [0.25, 0.3) is 0 Å². The van der Waals surface area contributed by atoms with E-state index in [1.165, 1.54) is 17.5 Å². The van der Waals surface area contributed by atoms with E-state index in [2.05, 4.69) is 5.43 Å². The van der Waals surface area contributed by atoms with E-state index in [1.807, 2.05) is 24.3 Å². The van der Waals surface area contributed by atoms with Crippen LogP contribution in [0.2, 0.25) is 0 Å². The van der Waals surface area contributed by atoms with E-state index < -0.39 is 11.6 Å². The molecule has 6 heteroatoms. The minimum Gasteiger partial charge on any atom is -0.284 e. The number of benzene rings is 2. The second-order valence-electron chi connectivity index (χ2n) is 5.71. The van der Waals surface area contributed by atoms with Gasteiger partial charge in [0.1, 0.15) is 16.6 Å². The third-order valence-corrected chi connectivity index (χ3v) is 4.46. The molecule has 0 unspecified atom stereocenters. The largest absolute Gasteiger partial charge is 0.284 e. The Labute approximate surface area is 144 Å². The first-order valence-corrected chi connectivity index (χ1v) is 8.02. The highest BCUT2D eigenvalue weighted by atomic mass is 32.1. The van der Waals surface area contributed by atoms with Crippen LogP contribution in [0.1, 0.15) is 36.1 Å². The first-order valence-electron chi connectivity index (χ1n) is 7.61. The summed E-state index contributed by atoms with van der Waals surface area (Å²) in [6.07, 6.45) is 1.60. The quantitative estimate of drug-likeness (QED) is 0.665. The molecule has 0 aliphatic heterocycles. The van der Waals surface area contributed by atoms with Crippen LogP contribution in [-0.4, -0.2) is 15.9 Å². The van der Waals surface area contributed by atoms with Crippen LogP contribution >= 0.6 is 12.2 Å². The first-order chi connectivity index (χ1) is 11.5. The molecule has 0 bridgehead atoms. The summed E-state index contributed by atoms with van der Waals surface area (Å²) in [5, 5.41) is 1.40. The van der Waals surface area contributed by atoms with Crippen LogP contribution in [-0.2, 0) is 11.2 Å². The third-order valence-electron chi connectivity index (χ3n) is 4.15. The molecule has 2 aromatic rings. The van der Waals surface area contributed by atoms with Gasteiger partial charge in [-0.25, -0.2) is 13.8 Å². The summed E-state index contributed by atoms with van der Waals surface area (Å²) in [6.45, 7) is 1.42. The molecule has 1 aliphatic carbocycles. The van der Waals surface area contributed by atoms with Crippen LogP contribution in [0, 0.1) is 11.6 Å². The Hall–Kier alpha value is -2.34. The molecular formula is C18H16F2N2OS. The van der Waals surface area contributed by atoms with Crippen molar-refractivity contribution in [1.29, 1.82) is 0 Å². The highest BCUT2D eigenvalue weighted by Crippen LogP contribution is 2.34. The van der Waals surface area contributed by atoms with E-state index in [0.717, 1.165) is 36.6 Å². The summed E-state index contributed by atoms with van der Waals surface area (Å²) in [6, 6.07) is 10.7. The number of nitrogens with one attached hydrogen (secondary N) is 1. The second-order valence-corrected chi connectivity index (χ2v) is 6.12. The number of rotatable bonds is 2. The number of aryl methyl sites for hydroxylation is 1. The number of carbonyl (C=O) groups excluding carboxylic acids is 1. The topological polar surface area (TPSA) is 32.3 Å². The number of thiocarbonyl (C=S) groups is 1. The van der Waals surface area contributed by atoms with Crippen LogP contribution in [0.3, 0.4) is 0 Å². The van der Waals surface area contributed by atoms with E-state index in [0.29, 0.717) is 0 Å². The first kappa shape index (κ1) is 16.5. The minimum atomic E-state index is -0.635. The zero-order valence-electron chi connectivity index (χ0n) is 13.1. The fourth-order valence-electron chi connectivity index (χ4n) is 3.02. The van der Waals surface area contributed by atoms with Gasteiger partial charge in [0, 0.05) is 12.5 Å². The van der Waals surface area contributed by atoms with Crippen molar-refractivity contribution in [2.45, 2.75) is 25.8 Å². The Morgan fingerprint density at radius 3 is 2.75 bits per heavy atom. The second kappa shape index (κ2) is 6.65. The molecule has 3 rings (SSSR count). The Morgan fingerprint density at radius 1 is 1.25 bits per heavy atom. The molecule has 3 nitrogen and oxygen atoms in total. The standard InChI is InChI=1S/C18H16F2N2OS/c1-11(23)22(17-9-6-12-4-2-3-5-14(12)17)21-18(24)15-10-13(19)7-8-16(15)20/h2-5,7-8,10,17H,6,9H2,1H3,(H,21,24)/t17-/m0/s1. The molecule has 0 heterocycles. The fourth-order valence-corrected chi connectivity index (χ4v) is 3.27. The van der Waals surface area contributed by atoms with Gasteiger partial charge in [-0.3, -0.25) is 10.2 Å². The van der Waals surface area contributed by atoms with E-state index in [4.69, 9.17) is 12.2 Å². The van der Waals surface area contributed by atoms with Gasteiger partial charge in [-0.15, -0.1) is 0 Å². The molecular weight excluding hydrogens is 330 g/mol. The molecule has 0 aromatic heterocycles. The van der Waals surface area contributed by atoms with Gasteiger partial charge in [0.15, 0.2) is 0 Å². The zero-order chi connectivity index (χ0) is 17.3. The Bertz CT molecular complexity index is 809. The van der Waals surface area contributed by atoms with E-state index >= 15 is 0 Å². The lowest BCUT2D eigenvalue weighted by Gasteiger charge is -2.30. The van der Waals surface area contributed by atoms with Gasteiger partial charge in [-0.2, -0.15) is 0 Å². The Kier molecular flexibility index (Phi) is 4.57. The number of carbonyl (C=O) groups is 1. The van der Waals surface area contributed by atoms with E-state index in [9.17, 15) is 13.6 Å². The fraction of sp³-hybridized carbons (Fsp3) is 0.222. The normalized spacial score (nSPS) is 15.7. The number of hydrazine groups is 1. The molecule has 0 radical (unpaired) electrons. The lowest BCUT2D eigenvalue weighted by Crippen LogP contribution is -2.46. The van der Waals surface area contributed by atoms with Gasteiger partial charge < -0.3 is 0 Å². The molecule has 124 valence electrons. The number of hydrogen-bond acceptors (Lipinski definition) is 2. The Balaban J connectivity index is 1.87. The molecule has 1 amide bonds.